The second-order valence-electron chi connectivity index (χ2n) is 3.18. The molecule has 0 saturated heterocycles. The van der Waals surface area contributed by atoms with E-state index in [1.807, 2.05) is 0 Å². The Labute approximate surface area is 92.8 Å². The van der Waals surface area contributed by atoms with Crippen LogP contribution in [0, 0.1) is 0 Å². The Kier molecular flexibility index (Phi) is 3.65. The van der Waals surface area contributed by atoms with Crippen LogP contribution in [-0.4, -0.2) is 33.4 Å². The van der Waals surface area contributed by atoms with Crippen molar-refractivity contribution in [2.24, 2.45) is 7.05 Å². The van der Waals surface area contributed by atoms with E-state index < -0.39 is 11.9 Å². The number of aromatic nitrogens is 2. The fourth-order valence-electron chi connectivity index (χ4n) is 1.53. The molecule has 0 amide bonds. The number of carboxylic acid groups (broad SMARTS) is 1. The van der Waals surface area contributed by atoms with Crippen molar-refractivity contribution >= 4 is 11.9 Å². The van der Waals surface area contributed by atoms with Crippen LogP contribution in [0.5, 0.6) is 0 Å². The van der Waals surface area contributed by atoms with Crippen LogP contribution in [0.25, 0.3) is 0 Å². The monoisotopic (exact) mass is 226 g/mol. The zero-order chi connectivity index (χ0) is 12.3. The van der Waals surface area contributed by atoms with E-state index in [0.29, 0.717) is 12.0 Å². The smallest absolute Gasteiger partial charge is 0.359 e. The van der Waals surface area contributed by atoms with Gasteiger partial charge in [-0.25, -0.2) is 9.59 Å². The Bertz CT molecular complexity index is 423. The van der Waals surface area contributed by atoms with Crippen molar-refractivity contribution in [1.82, 2.24) is 9.78 Å². The van der Waals surface area contributed by atoms with Gasteiger partial charge in [-0.3, -0.25) is 4.68 Å². The molecule has 1 aromatic heterocycles. The molecule has 0 fully saturated rings. The second-order valence-corrected chi connectivity index (χ2v) is 3.18. The van der Waals surface area contributed by atoms with Crippen molar-refractivity contribution in [2.45, 2.75) is 20.3 Å². The minimum absolute atomic E-state index is 0.0329. The molecular formula is C10H14N2O4. The lowest BCUT2D eigenvalue weighted by Gasteiger charge is -2.00. The summed E-state index contributed by atoms with van der Waals surface area (Å²) in [7, 11) is 1.49. The van der Waals surface area contributed by atoms with E-state index in [4.69, 9.17) is 9.84 Å². The van der Waals surface area contributed by atoms with E-state index in [1.165, 1.54) is 11.7 Å². The third-order valence-electron chi connectivity index (χ3n) is 2.17. The van der Waals surface area contributed by atoms with Gasteiger partial charge in [0.2, 0.25) is 0 Å². The van der Waals surface area contributed by atoms with Gasteiger partial charge in [0.15, 0.2) is 5.69 Å². The minimum Gasteiger partial charge on any atom is -0.477 e. The van der Waals surface area contributed by atoms with Gasteiger partial charge in [0.05, 0.1) is 6.61 Å². The highest BCUT2D eigenvalue weighted by atomic mass is 16.5. The molecule has 0 spiro atoms. The Morgan fingerprint density at radius 3 is 2.50 bits per heavy atom. The number of hydrogen-bond donors (Lipinski definition) is 1. The van der Waals surface area contributed by atoms with Crippen LogP contribution < -0.4 is 0 Å². The molecule has 88 valence electrons. The lowest BCUT2D eigenvalue weighted by Crippen LogP contribution is -2.09. The maximum Gasteiger partial charge on any atom is 0.359 e. The van der Waals surface area contributed by atoms with Crippen LogP contribution in [0.1, 0.15) is 40.4 Å². The molecular weight excluding hydrogens is 212 g/mol. The lowest BCUT2D eigenvalue weighted by molar-refractivity contribution is 0.0517. The number of aryl methyl sites for hydroxylation is 1. The lowest BCUT2D eigenvalue weighted by atomic mass is 10.1. The summed E-state index contributed by atoms with van der Waals surface area (Å²) in [5, 5.41) is 12.9. The normalized spacial score (nSPS) is 10.2. The molecule has 1 N–H and O–H groups in total. The predicted octanol–water partition coefficient (Wildman–Crippen LogP) is 0.857. The van der Waals surface area contributed by atoms with Crippen molar-refractivity contribution in [2.75, 3.05) is 6.61 Å². The van der Waals surface area contributed by atoms with Crippen LogP contribution in [0.2, 0.25) is 0 Å². The van der Waals surface area contributed by atoms with Crippen LogP contribution >= 0.6 is 0 Å². The minimum atomic E-state index is -1.10. The van der Waals surface area contributed by atoms with Crippen molar-refractivity contribution in [3.63, 3.8) is 0 Å². The Morgan fingerprint density at radius 2 is 2.06 bits per heavy atom. The zero-order valence-corrected chi connectivity index (χ0v) is 9.48. The first kappa shape index (κ1) is 12.2. The third kappa shape index (κ3) is 2.05. The number of carbonyl (C=O) groups excluding carboxylic acids is 1. The van der Waals surface area contributed by atoms with Crippen LogP contribution in [0.15, 0.2) is 0 Å². The Balaban J connectivity index is 3.26. The molecule has 0 aromatic carbocycles. The van der Waals surface area contributed by atoms with Crippen molar-refractivity contribution < 1.29 is 19.4 Å². The van der Waals surface area contributed by atoms with E-state index in [1.54, 1.807) is 13.8 Å². The summed E-state index contributed by atoms with van der Waals surface area (Å²) in [5.41, 5.74) is 0.531. The van der Waals surface area contributed by atoms with E-state index in [2.05, 4.69) is 5.10 Å². The van der Waals surface area contributed by atoms with Gasteiger partial charge in [0.25, 0.3) is 0 Å². The van der Waals surface area contributed by atoms with Gasteiger partial charge in [0, 0.05) is 12.6 Å². The van der Waals surface area contributed by atoms with Crippen LogP contribution in [-0.2, 0) is 18.2 Å². The number of rotatable bonds is 4. The molecule has 0 unspecified atom stereocenters. The molecule has 0 aliphatic heterocycles. The molecule has 0 radical (unpaired) electrons. The van der Waals surface area contributed by atoms with Gasteiger partial charge in [-0.15, -0.1) is 0 Å². The maximum absolute atomic E-state index is 11.5. The maximum atomic E-state index is 11.5. The highest BCUT2D eigenvalue weighted by Crippen LogP contribution is 2.15. The number of ether oxygens (including phenoxy) is 1. The summed E-state index contributed by atoms with van der Waals surface area (Å²) in [6.07, 6.45) is 0.420. The third-order valence-corrected chi connectivity index (χ3v) is 2.17. The number of esters is 1. The molecule has 1 heterocycles. The summed E-state index contributed by atoms with van der Waals surface area (Å²) < 4.78 is 6.00. The fourth-order valence-corrected chi connectivity index (χ4v) is 1.53. The topological polar surface area (TPSA) is 81.4 Å². The van der Waals surface area contributed by atoms with Gasteiger partial charge in [-0.05, 0) is 13.3 Å². The standard InChI is InChI=1S/C10H14N2O4/c1-4-6-7(10(15)16-5-2)11-12(3)8(6)9(13)14/h4-5H2,1-3H3,(H,13,14). The van der Waals surface area contributed by atoms with E-state index in [9.17, 15) is 9.59 Å². The Morgan fingerprint density at radius 1 is 1.44 bits per heavy atom. The largest absolute Gasteiger partial charge is 0.477 e. The van der Waals surface area contributed by atoms with Crippen molar-refractivity contribution in [3.05, 3.63) is 17.0 Å². The Hall–Kier alpha value is -1.85. The molecule has 16 heavy (non-hydrogen) atoms. The average Bonchev–Trinajstić information content (AvgIpc) is 2.55. The SMILES string of the molecule is CCOC(=O)c1nn(C)c(C(=O)O)c1CC. The predicted molar refractivity (Wildman–Crippen MR) is 55.5 cm³/mol. The number of aromatic carboxylic acids is 1. The molecule has 0 atom stereocenters. The summed E-state index contributed by atoms with van der Waals surface area (Å²) in [4.78, 5) is 22.5. The molecule has 0 saturated carbocycles. The zero-order valence-electron chi connectivity index (χ0n) is 9.48. The number of carbonyl (C=O) groups is 2. The molecule has 1 aromatic rings. The molecule has 0 aliphatic carbocycles. The summed E-state index contributed by atoms with van der Waals surface area (Å²) in [6.45, 7) is 3.69. The van der Waals surface area contributed by atoms with E-state index in [0.717, 1.165) is 0 Å². The van der Waals surface area contributed by atoms with Crippen LogP contribution in [0.4, 0.5) is 0 Å². The van der Waals surface area contributed by atoms with E-state index >= 15 is 0 Å². The second kappa shape index (κ2) is 4.78. The summed E-state index contributed by atoms with van der Waals surface area (Å²) in [6, 6.07) is 0. The van der Waals surface area contributed by atoms with Crippen LogP contribution in [0.3, 0.4) is 0 Å². The number of carboxylic acids is 1. The first-order valence-corrected chi connectivity index (χ1v) is 4.99. The molecule has 0 bridgehead atoms. The molecule has 0 aliphatic rings. The summed E-state index contributed by atoms with van der Waals surface area (Å²) in [5.74, 6) is -1.68. The first-order chi connectivity index (χ1) is 7.52. The van der Waals surface area contributed by atoms with Gasteiger partial charge < -0.3 is 9.84 Å². The van der Waals surface area contributed by atoms with Crippen molar-refractivity contribution in [3.8, 4) is 0 Å². The van der Waals surface area contributed by atoms with Crippen molar-refractivity contribution in [1.29, 1.82) is 0 Å². The van der Waals surface area contributed by atoms with E-state index in [-0.39, 0.29) is 18.0 Å². The number of nitrogens with zero attached hydrogens (tertiary/aromatic N) is 2. The quantitative estimate of drug-likeness (QED) is 0.770. The van der Waals surface area contributed by atoms with Gasteiger partial charge >= 0.3 is 11.9 Å². The highest BCUT2D eigenvalue weighted by Gasteiger charge is 2.24. The highest BCUT2D eigenvalue weighted by molar-refractivity contribution is 5.95. The van der Waals surface area contributed by atoms with Gasteiger partial charge in [-0.2, -0.15) is 5.10 Å². The van der Waals surface area contributed by atoms with Gasteiger partial charge in [-0.1, -0.05) is 6.92 Å². The average molecular weight is 226 g/mol. The fraction of sp³-hybridized carbons (Fsp3) is 0.500. The molecule has 6 heteroatoms. The van der Waals surface area contributed by atoms with Gasteiger partial charge in [0.1, 0.15) is 5.69 Å². The summed E-state index contributed by atoms with van der Waals surface area (Å²) >= 11 is 0. The first-order valence-electron chi connectivity index (χ1n) is 4.99. The molecule has 1 rings (SSSR count). The number of hydrogen-bond acceptors (Lipinski definition) is 4. The molecule has 6 nitrogen and oxygen atoms in total.